The first-order valence-corrected chi connectivity index (χ1v) is 6.79. The molecule has 1 saturated heterocycles. The first kappa shape index (κ1) is 13.8. The number of rotatable bonds is 3. The molecule has 0 amide bonds. The molecule has 0 saturated carbocycles. The fraction of sp³-hybridized carbons (Fsp3) is 0.571. The molecule has 0 aliphatic carbocycles. The molecule has 3 nitrogen and oxygen atoms in total. The van der Waals surface area contributed by atoms with Crippen LogP contribution in [0.5, 0.6) is 0 Å². The molecule has 1 aliphatic rings. The third-order valence-corrected chi connectivity index (χ3v) is 4.33. The van der Waals surface area contributed by atoms with E-state index in [9.17, 15) is 0 Å². The minimum Gasteiger partial charge on any atom is -0.375 e. The Morgan fingerprint density at radius 2 is 2.00 bits per heavy atom. The van der Waals surface area contributed by atoms with E-state index >= 15 is 0 Å². The zero-order chi connectivity index (χ0) is 13.3. The summed E-state index contributed by atoms with van der Waals surface area (Å²) in [7, 11) is 0. The maximum absolute atomic E-state index is 6.05. The Morgan fingerprint density at radius 1 is 1.28 bits per heavy atom. The van der Waals surface area contributed by atoms with E-state index in [-0.39, 0.29) is 18.2 Å². The number of hydrogen-bond donors (Lipinski definition) is 2. The van der Waals surface area contributed by atoms with Gasteiger partial charge in [-0.1, -0.05) is 30.7 Å². The minimum atomic E-state index is 0.0682. The zero-order valence-corrected chi connectivity index (χ0v) is 11.8. The number of hydrazine groups is 1. The van der Waals surface area contributed by atoms with Crippen molar-refractivity contribution in [2.24, 2.45) is 17.7 Å². The average Bonchev–Trinajstić information content (AvgIpc) is 2.57. The molecular weight excluding hydrogens is 248 g/mol. The van der Waals surface area contributed by atoms with Crippen molar-refractivity contribution in [1.29, 1.82) is 0 Å². The highest BCUT2D eigenvalue weighted by Crippen LogP contribution is 2.40. The second-order valence-corrected chi connectivity index (χ2v) is 5.62. The predicted molar refractivity (Wildman–Crippen MR) is 74.2 cm³/mol. The Balaban J connectivity index is 2.28. The summed E-state index contributed by atoms with van der Waals surface area (Å²) in [5, 5.41) is 0.736. The Labute approximate surface area is 114 Å². The molecule has 1 heterocycles. The molecule has 5 atom stereocenters. The maximum atomic E-state index is 6.05. The van der Waals surface area contributed by atoms with Crippen LogP contribution in [0.2, 0.25) is 5.02 Å². The Morgan fingerprint density at radius 3 is 2.50 bits per heavy atom. The topological polar surface area (TPSA) is 47.3 Å². The average molecular weight is 269 g/mol. The van der Waals surface area contributed by atoms with Crippen molar-refractivity contribution in [2.75, 3.05) is 0 Å². The van der Waals surface area contributed by atoms with Crippen LogP contribution < -0.4 is 11.3 Å². The van der Waals surface area contributed by atoms with Gasteiger partial charge in [-0.15, -0.1) is 0 Å². The van der Waals surface area contributed by atoms with Crippen LogP contribution in [-0.2, 0) is 4.74 Å². The summed E-state index contributed by atoms with van der Waals surface area (Å²) in [5.74, 6) is 6.56. The normalized spacial score (nSPS) is 33.6. The number of nitrogens with one attached hydrogen (secondary N) is 1. The standard InChI is InChI=1S/C14H21ClN2O/c1-8-9(2)18-10(3)13(8)14(17-16)11-5-4-6-12(15)7-11/h4-10,13-14,17H,16H2,1-3H3. The van der Waals surface area contributed by atoms with Gasteiger partial charge >= 0.3 is 0 Å². The first-order chi connectivity index (χ1) is 8.54. The molecule has 3 N–H and O–H groups in total. The van der Waals surface area contributed by atoms with Crippen LogP contribution in [0.3, 0.4) is 0 Å². The van der Waals surface area contributed by atoms with E-state index in [1.165, 1.54) is 0 Å². The lowest BCUT2D eigenvalue weighted by Gasteiger charge is -2.28. The summed E-state index contributed by atoms with van der Waals surface area (Å²) in [6, 6.07) is 7.92. The van der Waals surface area contributed by atoms with Crippen LogP contribution in [-0.4, -0.2) is 12.2 Å². The van der Waals surface area contributed by atoms with Crippen molar-refractivity contribution in [3.8, 4) is 0 Å². The van der Waals surface area contributed by atoms with E-state index in [1.807, 2.05) is 18.2 Å². The monoisotopic (exact) mass is 268 g/mol. The van der Waals surface area contributed by atoms with Crippen molar-refractivity contribution < 1.29 is 4.74 Å². The van der Waals surface area contributed by atoms with Crippen LogP contribution in [0.1, 0.15) is 32.4 Å². The van der Waals surface area contributed by atoms with Crippen LogP contribution in [0.15, 0.2) is 24.3 Å². The Hall–Kier alpha value is -0.610. The molecule has 4 heteroatoms. The second kappa shape index (κ2) is 5.57. The number of ether oxygens (including phenoxy) is 1. The number of hydrogen-bond acceptors (Lipinski definition) is 3. The van der Waals surface area contributed by atoms with Crippen molar-refractivity contribution in [2.45, 2.75) is 39.0 Å². The summed E-state index contributed by atoms with van der Waals surface area (Å²) < 4.78 is 5.89. The fourth-order valence-corrected chi connectivity index (χ4v) is 3.20. The lowest BCUT2D eigenvalue weighted by atomic mass is 9.81. The van der Waals surface area contributed by atoms with Gasteiger partial charge in [0.1, 0.15) is 0 Å². The summed E-state index contributed by atoms with van der Waals surface area (Å²) in [6.45, 7) is 6.44. The molecule has 1 aromatic rings. The molecule has 0 bridgehead atoms. The Bertz CT molecular complexity index is 413. The van der Waals surface area contributed by atoms with Gasteiger partial charge in [0.05, 0.1) is 18.2 Å². The molecule has 0 radical (unpaired) electrons. The van der Waals surface area contributed by atoms with Gasteiger partial charge in [-0.3, -0.25) is 11.3 Å². The van der Waals surface area contributed by atoms with E-state index in [4.69, 9.17) is 22.2 Å². The van der Waals surface area contributed by atoms with Crippen LogP contribution >= 0.6 is 11.6 Å². The molecule has 1 fully saturated rings. The molecule has 2 rings (SSSR count). The lowest BCUT2D eigenvalue weighted by Crippen LogP contribution is -2.38. The highest BCUT2D eigenvalue weighted by molar-refractivity contribution is 6.30. The largest absolute Gasteiger partial charge is 0.375 e. The van der Waals surface area contributed by atoms with E-state index < -0.39 is 0 Å². The van der Waals surface area contributed by atoms with Crippen molar-refractivity contribution >= 4 is 11.6 Å². The highest BCUT2D eigenvalue weighted by Gasteiger charge is 2.41. The molecule has 1 aliphatic heterocycles. The van der Waals surface area contributed by atoms with Gasteiger partial charge in [-0.2, -0.15) is 0 Å². The summed E-state index contributed by atoms with van der Waals surface area (Å²) in [5.41, 5.74) is 4.05. The van der Waals surface area contributed by atoms with Gasteiger partial charge in [-0.05, 0) is 37.5 Å². The zero-order valence-electron chi connectivity index (χ0n) is 11.1. The molecule has 0 aromatic heterocycles. The van der Waals surface area contributed by atoms with E-state index in [0.717, 1.165) is 10.6 Å². The van der Waals surface area contributed by atoms with Crippen molar-refractivity contribution in [3.63, 3.8) is 0 Å². The molecule has 1 aromatic carbocycles. The van der Waals surface area contributed by atoms with Crippen LogP contribution in [0.4, 0.5) is 0 Å². The molecule has 5 unspecified atom stereocenters. The molecule has 18 heavy (non-hydrogen) atoms. The summed E-state index contributed by atoms with van der Waals surface area (Å²) >= 11 is 6.05. The SMILES string of the molecule is CC1OC(C)C(C(NN)c2cccc(Cl)c2)C1C. The number of nitrogens with two attached hydrogens (primary N) is 1. The first-order valence-electron chi connectivity index (χ1n) is 6.41. The fourth-order valence-electron chi connectivity index (χ4n) is 3.00. The van der Waals surface area contributed by atoms with Crippen LogP contribution in [0.25, 0.3) is 0 Å². The van der Waals surface area contributed by atoms with Crippen molar-refractivity contribution in [3.05, 3.63) is 34.9 Å². The van der Waals surface area contributed by atoms with Gasteiger partial charge in [0.2, 0.25) is 0 Å². The summed E-state index contributed by atoms with van der Waals surface area (Å²) in [4.78, 5) is 0. The van der Waals surface area contributed by atoms with Gasteiger partial charge in [0.15, 0.2) is 0 Å². The molecular formula is C14H21ClN2O. The van der Waals surface area contributed by atoms with E-state index in [0.29, 0.717) is 11.8 Å². The maximum Gasteiger partial charge on any atom is 0.0601 e. The second-order valence-electron chi connectivity index (χ2n) is 5.18. The van der Waals surface area contributed by atoms with Gasteiger partial charge < -0.3 is 4.74 Å². The molecule has 100 valence electrons. The predicted octanol–water partition coefficient (Wildman–Crippen LogP) is 2.90. The van der Waals surface area contributed by atoms with Gasteiger partial charge in [-0.25, -0.2) is 0 Å². The highest BCUT2D eigenvalue weighted by atomic mass is 35.5. The van der Waals surface area contributed by atoms with Gasteiger partial charge in [0.25, 0.3) is 0 Å². The van der Waals surface area contributed by atoms with Crippen molar-refractivity contribution in [1.82, 2.24) is 5.43 Å². The third kappa shape index (κ3) is 2.54. The van der Waals surface area contributed by atoms with Gasteiger partial charge in [0, 0.05) is 10.9 Å². The summed E-state index contributed by atoms with van der Waals surface area (Å²) in [6.07, 6.45) is 0.454. The third-order valence-electron chi connectivity index (χ3n) is 4.09. The smallest absolute Gasteiger partial charge is 0.0601 e. The van der Waals surface area contributed by atoms with E-state index in [1.54, 1.807) is 0 Å². The number of halogens is 1. The minimum absolute atomic E-state index is 0.0682. The van der Waals surface area contributed by atoms with E-state index in [2.05, 4.69) is 32.3 Å². The van der Waals surface area contributed by atoms with Crippen LogP contribution in [0, 0.1) is 11.8 Å². The molecule has 0 spiro atoms. The lowest BCUT2D eigenvalue weighted by molar-refractivity contribution is 0.0475. The number of benzene rings is 1. The quantitative estimate of drug-likeness (QED) is 0.655. The Kier molecular flexibility index (Phi) is 4.28.